The molecule has 0 bridgehead atoms. The molecule has 0 aliphatic carbocycles. The van der Waals surface area contributed by atoms with Gasteiger partial charge in [-0.25, -0.2) is 0 Å². The summed E-state index contributed by atoms with van der Waals surface area (Å²) in [5, 5.41) is 8.45. The van der Waals surface area contributed by atoms with E-state index in [-0.39, 0.29) is 4.90 Å². The number of azo groups is 1. The van der Waals surface area contributed by atoms with Crippen LogP contribution >= 0.6 is 0 Å². The lowest BCUT2D eigenvalue weighted by atomic mass is 10.1. The highest BCUT2D eigenvalue weighted by molar-refractivity contribution is 7.85. The molecule has 1 N–H and O–H groups in total. The van der Waals surface area contributed by atoms with Gasteiger partial charge in [0.05, 0.1) is 16.3 Å². The van der Waals surface area contributed by atoms with E-state index in [0.717, 1.165) is 18.8 Å². The molecule has 0 radical (unpaired) electrons. The number of anilines is 1. The Kier molecular flexibility index (Phi) is 13.6. The lowest BCUT2D eigenvalue weighted by Gasteiger charge is -2.25. The van der Waals surface area contributed by atoms with Crippen LogP contribution in [0.2, 0.25) is 0 Å². The summed E-state index contributed by atoms with van der Waals surface area (Å²) in [7, 11) is -4.20. The van der Waals surface area contributed by atoms with E-state index in [2.05, 4.69) is 41.1 Å². The second-order valence-corrected chi connectivity index (χ2v) is 10.6. The van der Waals surface area contributed by atoms with Crippen LogP contribution in [-0.2, 0) is 10.1 Å². The van der Waals surface area contributed by atoms with Crippen molar-refractivity contribution in [1.82, 2.24) is 0 Å². The molecule has 0 fully saturated rings. The fourth-order valence-electron chi connectivity index (χ4n) is 4.07. The van der Waals surface area contributed by atoms with Gasteiger partial charge in [-0.3, -0.25) is 4.55 Å². The Morgan fingerprint density at radius 3 is 1.46 bits per heavy atom. The minimum Gasteiger partial charge on any atom is -0.372 e. The van der Waals surface area contributed by atoms with Gasteiger partial charge in [0.2, 0.25) is 0 Å². The van der Waals surface area contributed by atoms with Crippen molar-refractivity contribution < 1.29 is 13.0 Å². The summed E-state index contributed by atoms with van der Waals surface area (Å²) in [4.78, 5) is 2.35. The van der Waals surface area contributed by atoms with Crippen molar-refractivity contribution in [2.75, 3.05) is 18.0 Å². The third-order valence-corrected chi connectivity index (χ3v) is 7.06. The summed E-state index contributed by atoms with van der Waals surface area (Å²) in [6.07, 6.45) is 15.6. The molecule has 7 heteroatoms. The SMILES string of the molecule is CCCCCCCCN(CCCCCCCC)c1ccc(N=Nc2ccc(S(=O)(=O)O)cc2)cc1. The van der Waals surface area contributed by atoms with Crippen LogP contribution in [0.3, 0.4) is 0 Å². The number of benzene rings is 2. The molecule has 0 saturated carbocycles. The first kappa shape index (κ1) is 29.0. The predicted octanol–water partition coefficient (Wildman–Crippen LogP) is 8.88. The van der Waals surface area contributed by atoms with Gasteiger partial charge in [0.15, 0.2) is 0 Å². The van der Waals surface area contributed by atoms with E-state index < -0.39 is 10.1 Å². The van der Waals surface area contributed by atoms with Gasteiger partial charge in [0.25, 0.3) is 10.1 Å². The Balaban J connectivity index is 1.94. The zero-order chi connectivity index (χ0) is 25.4. The Bertz CT molecular complexity index is 942. The average Bonchev–Trinajstić information content (AvgIpc) is 2.85. The number of rotatable bonds is 18. The van der Waals surface area contributed by atoms with Gasteiger partial charge in [-0.15, -0.1) is 0 Å². The average molecular weight is 502 g/mol. The van der Waals surface area contributed by atoms with Gasteiger partial charge in [-0.2, -0.15) is 18.6 Å². The molecule has 6 nitrogen and oxygen atoms in total. The molecular formula is C28H43N3O3S. The van der Waals surface area contributed by atoms with E-state index in [0.29, 0.717) is 5.69 Å². The first-order valence-electron chi connectivity index (χ1n) is 13.3. The summed E-state index contributed by atoms with van der Waals surface area (Å²) in [5.41, 5.74) is 2.49. The minimum atomic E-state index is -4.20. The lowest BCUT2D eigenvalue weighted by molar-refractivity contribution is 0.483. The summed E-state index contributed by atoms with van der Waals surface area (Å²) in [6.45, 7) is 6.68. The molecule has 0 amide bonds. The maximum atomic E-state index is 11.2. The molecule has 2 aromatic carbocycles. The van der Waals surface area contributed by atoms with E-state index in [1.165, 1.54) is 107 Å². The highest BCUT2D eigenvalue weighted by atomic mass is 32.2. The quantitative estimate of drug-likeness (QED) is 0.126. The van der Waals surface area contributed by atoms with Crippen LogP contribution in [0.5, 0.6) is 0 Å². The predicted molar refractivity (Wildman–Crippen MR) is 146 cm³/mol. The number of unbranched alkanes of at least 4 members (excludes halogenated alkanes) is 10. The molecular weight excluding hydrogens is 458 g/mol. The Hall–Kier alpha value is -2.25. The smallest absolute Gasteiger partial charge is 0.294 e. The van der Waals surface area contributed by atoms with Gasteiger partial charge in [0.1, 0.15) is 0 Å². The number of nitrogens with zero attached hydrogens (tertiary/aromatic N) is 3. The lowest BCUT2D eigenvalue weighted by Crippen LogP contribution is -2.25. The fraction of sp³-hybridized carbons (Fsp3) is 0.571. The molecule has 0 aliphatic rings. The van der Waals surface area contributed by atoms with E-state index in [1.54, 1.807) is 0 Å². The first-order valence-corrected chi connectivity index (χ1v) is 14.7. The van der Waals surface area contributed by atoms with Crippen LogP contribution < -0.4 is 4.90 Å². The Morgan fingerprint density at radius 2 is 1.03 bits per heavy atom. The molecule has 35 heavy (non-hydrogen) atoms. The molecule has 0 aromatic heterocycles. The number of hydrogen-bond acceptors (Lipinski definition) is 5. The van der Waals surface area contributed by atoms with Crippen LogP contribution in [0.1, 0.15) is 90.9 Å². The normalized spacial score (nSPS) is 11.9. The van der Waals surface area contributed by atoms with Crippen molar-refractivity contribution in [3.05, 3.63) is 48.5 Å². The van der Waals surface area contributed by atoms with Gasteiger partial charge in [0, 0.05) is 18.8 Å². The molecule has 0 aliphatic heterocycles. The van der Waals surface area contributed by atoms with Crippen molar-refractivity contribution >= 4 is 27.2 Å². The van der Waals surface area contributed by atoms with Gasteiger partial charge in [-0.05, 0) is 61.4 Å². The summed E-state index contributed by atoms with van der Waals surface area (Å²) in [5.74, 6) is 0. The summed E-state index contributed by atoms with van der Waals surface area (Å²) >= 11 is 0. The number of hydrogen-bond donors (Lipinski definition) is 1. The van der Waals surface area contributed by atoms with Crippen LogP contribution in [0.25, 0.3) is 0 Å². The van der Waals surface area contributed by atoms with Crippen molar-refractivity contribution in [3.8, 4) is 0 Å². The van der Waals surface area contributed by atoms with Gasteiger partial charge >= 0.3 is 0 Å². The van der Waals surface area contributed by atoms with Crippen molar-refractivity contribution in [2.45, 2.75) is 95.8 Å². The Labute approximate surface area is 212 Å². The highest BCUT2D eigenvalue weighted by Crippen LogP contribution is 2.24. The Morgan fingerprint density at radius 1 is 0.629 bits per heavy atom. The topological polar surface area (TPSA) is 82.3 Å². The fourth-order valence-corrected chi connectivity index (χ4v) is 4.55. The molecule has 0 saturated heterocycles. The van der Waals surface area contributed by atoms with E-state index in [1.807, 2.05) is 12.1 Å². The van der Waals surface area contributed by atoms with Crippen molar-refractivity contribution in [1.29, 1.82) is 0 Å². The van der Waals surface area contributed by atoms with Gasteiger partial charge < -0.3 is 4.90 Å². The summed E-state index contributed by atoms with van der Waals surface area (Å²) in [6, 6.07) is 13.8. The van der Waals surface area contributed by atoms with Crippen LogP contribution in [0, 0.1) is 0 Å². The highest BCUT2D eigenvalue weighted by Gasteiger charge is 2.09. The largest absolute Gasteiger partial charge is 0.372 e. The first-order chi connectivity index (χ1) is 16.9. The molecule has 0 atom stereocenters. The second kappa shape index (κ2) is 16.4. The maximum Gasteiger partial charge on any atom is 0.294 e. The van der Waals surface area contributed by atoms with Crippen LogP contribution in [0.15, 0.2) is 63.7 Å². The van der Waals surface area contributed by atoms with E-state index in [9.17, 15) is 8.42 Å². The molecule has 2 aromatic rings. The van der Waals surface area contributed by atoms with Crippen molar-refractivity contribution in [3.63, 3.8) is 0 Å². The van der Waals surface area contributed by atoms with Gasteiger partial charge in [-0.1, -0.05) is 78.1 Å². The van der Waals surface area contributed by atoms with E-state index in [4.69, 9.17) is 4.55 Å². The van der Waals surface area contributed by atoms with Crippen LogP contribution in [-0.4, -0.2) is 26.1 Å². The molecule has 2 rings (SSSR count). The zero-order valence-corrected chi connectivity index (χ0v) is 22.3. The molecule has 194 valence electrons. The van der Waals surface area contributed by atoms with E-state index >= 15 is 0 Å². The molecule has 0 heterocycles. The zero-order valence-electron chi connectivity index (χ0n) is 21.5. The molecule has 0 unspecified atom stereocenters. The third kappa shape index (κ3) is 11.8. The summed E-state index contributed by atoms with van der Waals surface area (Å²) < 4.78 is 31.4. The van der Waals surface area contributed by atoms with Crippen molar-refractivity contribution in [2.24, 2.45) is 10.2 Å². The maximum absolute atomic E-state index is 11.2. The third-order valence-electron chi connectivity index (χ3n) is 6.19. The molecule has 0 spiro atoms. The standard InChI is InChI=1S/C28H43N3O3S/c1-3-5-7-9-11-13-23-31(24-14-12-10-8-6-4-2)27-19-15-25(16-20-27)29-30-26-17-21-28(22-18-26)35(32,33)34/h15-22H,3-14,23-24H2,1-2H3,(H,32,33,34). The minimum absolute atomic E-state index is 0.156. The second-order valence-electron chi connectivity index (χ2n) is 9.21. The van der Waals surface area contributed by atoms with Crippen LogP contribution in [0.4, 0.5) is 17.1 Å². The monoisotopic (exact) mass is 501 g/mol.